The molecule has 14 heavy (non-hydrogen) atoms. The number of benzene rings is 1. The smallest absolute Gasteiger partial charge is 0.265 e. The van der Waals surface area contributed by atoms with E-state index in [1.807, 2.05) is 0 Å². The maximum absolute atomic E-state index is 11.2. The molecule has 5 N–H and O–H groups in total. The molecule has 1 aromatic carbocycles. The van der Waals surface area contributed by atoms with E-state index in [4.69, 9.17) is 11.6 Å². The molecule has 1 aromatic heterocycles. The van der Waals surface area contributed by atoms with Gasteiger partial charge in [0.25, 0.3) is 5.91 Å². The van der Waals surface area contributed by atoms with Crippen molar-refractivity contribution in [3.05, 3.63) is 23.8 Å². The lowest BCUT2D eigenvalue weighted by Crippen LogP contribution is -2.29. The standard InChI is InChI=1S/C8H8N4OS/c9-8-11-5-3-4(7(13)12-10)1-2-6(5)14-8/h1-3H,10H2,(H2,9,11)(H,12,13). The minimum atomic E-state index is -0.335. The molecule has 0 saturated heterocycles. The van der Waals surface area contributed by atoms with Gasteiger partial charge in [-0.05, 0) is 18.2 Å². The van der Waals surface area contributed by atoms with Crippen LogP contribution in [0, 0.1) is 0 Å². The summed E-state index contributed by atoms with van der Waals surface area (Å²) in [7, 11) is 0. The molecule has 6 heteroatoms. The Hall–Kier alpha value is -1.66. The van der Waals surface area contributed by atoms with Gasteiger partial charge in [0.05, 0.1) is 10.2 Å². The Balaban J connectivity index is 2.55. The number of fused-ring (bicyclic) bond motifs is 1. The van der Waals surface area contributed by atoms with Gasteiger partial charge in [-0.15, -0.1) is 0 Å². The lowest BCUT2D eigenvalue weighted by atomic mass is 10.2. The van der Waals surface area contributed by atoms with Crippen molar-refractivity contribution in [2.75, 3.05) is 5.73 Å². The molecule has 2 aromatic rings. The van der Waals surface area contributed by atoms with Crippen LogP contribution < -0.4 is 17.0 Å². The highest BCUT2D eigenvalue weighted by Gasteiger charge is 2.06. The average molecular weight is 208 g/mol. The van der Waals surface area contributed by atoms with Crippen LogP contribution in [-0.2, 0) is 0 Å². The molecule has 0 atom stereocenters. The molecule has 0 saturated carbocycles. The number of carbonyl (C=O) groups excluding carboxylic acids is 1. The van der Waals surface area contributed by atoms with Crippen molar-refractivity contribution >= 4 is 32.6 Å². The molecule has 0 fully saturated rings. The Morgan fingerprint density at radius 2 is 2.29 bits per heavy atom. The van der Waals surface area contributed by atoms with Crippen LogP contribution in [-0.4, -0.2) is 10.9 Å². The van der Waals surface area contributed by atoms with Gasteiger partial charge in [-0.2, -0.15) is 0 Å². The SMILES string of the molecule is NNC(=O)c1ccc2sc(N)nc2c1. The van der Waals surface area contributed by atoms with E-state index >= 15 is 0 Å². The third-order valence-corrected chi connectivity index (χ3v) is 2.66. The zero-order valence-corrected chi connectivity index (χ0v) is 7.97. The number of anilines is 1. The highest BCUT2D eigenvalue weighted by molar-refractivity contribution is 7.22. The molecule has 1 amide bonds. The molecule has 0 aliphatic heterocycles. The number of rotatable bonds is 1. The first-order chi connectivity index (χ1) is 6.70. The molecule has 2 rings (SSSR count). The van der Waals surface area contributed by atoms with Crippen molar-refractivity contribution < 1.29 is 4.79 Å². The summed E-state index contributed by atoms with van der Waals surface area (Å²) in [5, 5.41) is 0.491. The average Bonchev–Trinajstić information content (AvgIpc) is 2.55. The number of nitrogens with two attached hydrogens (primary N) is 2. The summed E-state index contributed by atoms with van der Waals surface area (Å²) in [6.07, 6.45) is 0. The maximum Gasteiger partial charge on any atom is 0.265 e. The van der Waals surface area contributed by atoms with E-state index in [-0.39, 0.29) is 5.91 Å². The first-order valence-electron chi connectivity index (χ1n) is 3.87. The van der Waals surface area contributed by atoms with Gasteiger partial charge in [0.15, 0.2) is 5.13 Å². The van der Waals surface area contributed by atoms with E-state index in [1.54, 1.807) is 18.2 Å². The zero-order valence-electron chi connectivity index (χ0n) is 7.15. The first-order valence-corrected chi connectivity index (χ1v) is 4.69. The quantitative estimate of drug-likeness (QED) is 0.361. The number of carbonyl (C=O) groups is 1. The van der Waals surface area contributed by atoms with E-state index in [0.29, 0.717) is 16.2 Å². The molecule has 5 nitrogen and oxygen atoms in total. The number of nitrogens with one attached hydrogen (secondary N) is 1. The van der Waals surface area contributed by atoms with Crippen molar-refractivity contribution in [2.24, 2.45) is 5.84 Å². The van der Waals surface area contributed by atoms with E-state index < -0.39 is 0 Å². The molecule has 0 spiro atoms. The summed E-state index contributed by atoms with van der Waals surface area (Å²) in [6.45, 7) is 0. The number of nitrogens with zero attached hydrogens (tertiary/aromatic N) is 1. The van der Waals surface area contributed by atoms with E-state index in [9.17, 15) is 4.79 Å². The number of hydrogen-bond donors (Lipinski definition) is 3. The molecule has 72 valence electrons. The third-order valence-electron chi connectivity index (χ3n) is 1.80. The molecule has 1 heterocycles. The van der Waals surface area contributed by atoms with Gasteiger partial charge in [0, 0.05) is 5.56 Å². The number of hydrazine groups is 1. The Morgan fingerprint density at radius 3 is 3.00 bits per heavy atom. The molecular formula is C8H8N4OS. The molecule has 0 aliphatic rings. The van der Waals surface area contributed by atoms with Gasteiger partial charge in [-0.25, -0.2) is 10.8 Å². The number of aromatic nitrogens is 1. The largest absolute Gasteiger partial charge is 0.375 e. The predicted octanol–water partition coefficient (Wildman–Crippen LogP) is 0.482. The number of thiazole rings is 1. The topological polar surface area (TPSA) is 94.0 Å². The second-order valence-electron chi connectivity index (χ2n) is 2.71. The maximum atomic E-state index is 11.2. The predicted molar refractivity (Wildman–Crippen MR) is 55.7 cm³/mol. The summed E-state index contributed by atoms with van der Waals surface area (Å²) in [5.41, 5.74) is 8.78. The summed E-state index contributed by atoms with van der Waals surface area (Å²) in [6, 6.07) is 5.14. The molecular weight excluding hydrogens is 200 g/mol. The second-order valence-corrected chi connectivity index (χ2v) is 3.77. The normalized spacial score (nSPS) is 10.4. The van der Waals surface area contributed by atoms with Crippen LogP contribution in [0.25, 0.3) is 10.2 Å². The number of hydrogen-bond acceptors (Lipinski definition) is 5. The molecule has 0 aliphatic carbocycles. The fraction of sp³-hybridized carbons (Fsp3) is 0. The van der Waals surface area contributed by atoms with Crippen molar-refractivity contribution in [2.45, 2.75) is 0 Å². The lowest BCUT2D eigenvalue weighted by Gasteiger charge is -1.97. The van der Waals surface area contributed by atoms with Crippen LogP contribution in [0.3, 0.4) is 0 Å². The van der Waals surface area contributed by atoms with Crippen LogP contribution in [0.2, 0.25) is 0 Å². The van der Waals surface area contributed by atoms with Gasteiger partial charge in [0.1, 0.15) is 0 Å². The van der Waals surface area contributed by atoms with Gasteiger partial charge < -0.3 is 5.73 Å². The van der Waals surface area contributed by atoms with Crippen LogP contribution in [0.4, 0.5) is 5.13 Å². The summed E-state index contributed by atoms with van der Waals surface area (Å²) >= 11 is 1.38. The molecule has 0 unspecified atom stereocenters. The number of nitrogen functional groups attached to an aromatic ring is 2. The third kappa shape index (κ3) is 1.40. The summed E-state index contributed by atoms with van der Waals surface area (Å²) < 4.78 is 0.955. The van der Waals surface area contributed by atoms with Crippen LogP contribution >= 0.6 is 11.3 Å². The Morgan fingerprint density at radius 1 is 1.50 bits per heavy atom. The van der Waals surface area contributed by atoms with Crippen LogP contribution in [0.1, 0.15) is 10.4 Å². The van der Waals surface area contributed by atoms with E-state index in [1.165, 1.54) is 11.3 Å². The fourth-order valence-electron chi connectivity index (χ4n) is 1.17. The monoisotopic (exact) mass is 208 g/mol. The van der Waals surface area contributed by atoms with Crippen molar-refractivity contribution in [1.82, 2.24) is 10.4 Å². The van der Waals surface area contributed by atoms with Crippen LogP contribution in [0.5, 0.6) is 0 Å². The lowest BCUT2D eigenvalue weighted by molar-refractivity contribution is 0.0954. The second kappa shape index (κ2) is 3.24. The van der Waals surface area contributed by atoms with Gasteiger partial charge in [0.2, 0.25) is 0 Å². The fourth-order valence-corrected chi connectivity index (χ4v) is 1.88. The number of amides is 1. The first kappa shape index (κ1) is 8.92. The van der Waals surface area contributed by atoms with Gasteiger partial charge in [-0.3, -0.25) is 10.2 Å². The van der Waals surface area contributed by atoms with Crippen molar-refractivity contribution in [3.8, 4) is 0 Å². The van der Waals surface area contributed by atoms with Crippen molar-refractivity contribution in [3.63, 3.8) is 0 Å². The van der Waals surface area contributed by atoms with E-state index in [0.717, 1.165) is 4.70 Å². The van der Waals surface area contributed by atoms with Crippen LogP contribution in [0.15, 0.2) is 18.2 Å². The summed E-state index contributed by atoms with van der Waals surface area (Å²) in [4.78, 5) is 15.2. The van der Waals surface area contributed by atoms with Gasteiger partial charge in [-0.1, -0.05) is 11.3 Å². The molecule has 0 bridgehead atoms. The van der Waals surface area contributed by atoms with Gasteiger partial charge >= 0.3 is 0 Å². The minimum absolute atomic E-state index is 0.335. The zero-order chi connectivity index (χ0) is 10.1. The Labute approximate surface area is 83.7 Å². The Kier molecular flexibility index (Phi) is 2.06. The minimum Gasteiger partial charge on any atom is -0.375 e. The van der Waals surface area contributed by atoms with Crippen molar-refractivity contribution in [1.29, 1.82) is 0 Å². The highest BCUT2D eigenvalue weighted by atomic mass is 32.1. The molecule has 0 radical (unpaired) electrons. The van der Waals surface area contributed by atoms with E-state index in [2.05, 4.69) is 10.4 Å². The summed E-state index contributed by atoms with van der Waals surface area (Å²) in [5.74, 6) is 4.68. The highest BCUT2D eigenvalue weighted by Crippen LogP contribution is 2.24. The Bertz CT molecular complexity index is 493.